The number of carbonyl (C=O) groups is 1. The van der Waals surface area contributed by atoms with Gasteiger partial charge in [0.05, 0.1) is 0 Å². The summed E-state index contributed by atoms with van der Waals surface area (Å²) in [6.07, 6.45) is 1.44. The van der Waals surface area contributed by atoms with E-state index in [9.17, 15) is 13.6 Å². The molecule has 0 saturated carbocycles. The van der Waals surface area contributed by atoms with Gasteiger partial charge in [0.1, 0.15) is 12.4 Å². The van der Waals surface area contributed by atoms with Crippen LogP contribution < -0.4 is 0 Å². The van der Waals surface area contributed by atoms with E-state index >= 15 is 0 Å². The predicted octanol–water partition coefficient (Wildman–Crippen LogP) is 1.99. The molecule has 0 fully saturated rings. The van der Waals surface area contributed by atoms with Gasteiger partial charge >= 0.3 is 5.97 Å². The number of benzene rings is 1. The molecule has 0 aliphatic rings. The largest absolute Gasteiger partial charge is 0.480 e. The van der Waals surface area contributed by atoms with Crippen molar-refractivity contribution in [2.75, 3.05) is 0 Å². The van der Waals surface area contributed by atoms with Gasteiger partial charge in [-0.1, -0.05) is 13.0 Å². The molecule has 0 unspecified atom stereocenters. The van der Waals surface area contributed by atoms with E-state index in [1.165, 1.54) is 10.7 Å². The standard InChI is InChI=1S/C14H15F2N3O2/c1-2-12-17-13(19(18-12)8-14(20)21)6-4-9-3-5-10(15)11(16)7-9/h3,5,7H,2,4,6,8H2,1H3,(H,20,21). The van der Waals surface area contributed by atoms with Gasteiger partial charge in [-0.05, 0) is 24.1 Å². The van der Waals surface area contributed by atoms with Gasteiger partial charge in [0.25, 0.3) is 0 Å². The van der Waals surface area contributed by atoms with Gasteiger partial charge in [0.15, 0.2) is 17.5 Å². The lowest BCUT2D eigenvalue weighted by molar-refractivity contribution is -0.137. The Morgan fingerprint density at radius 1 is 1.29 bits per heavy atom. The molecule has 5 nitrogen and oxygen atoms in total. The van der Waals surface area contributed by atoms with Gasteiger partial charge in [-0.25, -0.2) is 18.4 Å². The number of nitrogens with zero attached hydrogens (tertiary/aromatic N) is 3. The van der Waals surface area contributed by atoms with Gasteiger partial charge in [0.2, 0.25) is 0 Å². The van der Waals surface area contributed by atoms with Crippen LogP contribution in [0.15, 0.2) is 18.2 Å². The second kappa shape index (κ2) is 6.43. The van der Waals surface area contributed by atoms with E-state index < -0.39 is 17.6 Å². The van der Waals surface area contributed by atoms with Gasteiger partial charge in [-0.3, -0.25) is 4.79 Å². The van der Waals surface area contributed by atoms with Crippen molar-refractivity contribution < 1.29 is 18.7 Å². The maximum Gasteiger partial charge on any atom is 0.325 e. The summed E-state index contributed by atoms with van der Waals surface area (Å²) in [5.41, 5.74) is 0.622. The Morgan fingerprint density at radius 2 is 2.05 bits per heavy atom. The zero-order valence-corrected chi connectivity index (χ0v) is 11.5. The molecule has 0 radical (unpaired) electrons. The highest BCUT2D eigenvalue weighted by Gasteiger charge is 2.12. The van der Waals surface area contributed by atoms with Crippen molar-refractivity contribution in [2.24, 2.45) is 0 Å². The van der Waals surface area contributed by atoms with E-state index in [4.69, 9.17) is 5.11 Å². The molecule has 0 saturated heterocycles. The van der Waals surface area contributed by atoms with Crippen LogP contribution in [0.2, 0.25) is 0 Å². The SMILES string of the molecule is CCc1nc(CCc2ccc(F)c(F)c2)n(CC(=O)O)n1. The highest BCUT2D eigenvalue weighted by Crippen LogP contribution is 2.11. The summed E-state index contributed by atoms with van der Waals surface area (Å²) in [5, 5.41) is 12.9. The molecule has 0 aliphatic carbocycles. The fraction of sp³-hybridized carbons (Fsp3) is 0.357. The lowest BCUT2D eigenvalue weighted by Gasteiger charge is -2.04. The average molecular weight is 295 g/mol. The van der Waals surface area contributed by atoms with E-state index in [0.717, 1.165) is 12.1 Å². The number of aryl methyl sites for hydroxylation is 3. The van der Waals surface area contributed by atoms with Crippen molar-refractivity contribution >= 4 is 5.97 Å². The number of halogens is 2. The quantitative estimate of drug-likeness (QED) is 0.885. The molecule has 2 rings (SSSR count). The molecular formula is C14H15F2N3O2. The van der Waals surface area contributed by atoms with Gasteiger partial charge in [-0.15, -0.1) is 0 Å². The van der Waals surface area contributed by atoms with E-state index in [0.29, 0.717) is 36.5 Å². The summed E-state index contributed by atoms with van der Waals surface area (Å²) < 4.78 is 27.3. The summed E-state index contributed by atoms with van der Waals surface area (Å²) in [4.78, 5) is 15.1. The van der Waals surface area contributed by atoms with Crippen LogP contribution in [-0.4, -0.2) is 25.8 Å². The molecule has 0 bridgehead atoms. The van der Waals surface area contributed by atoms with Crippen LogP contribution in [0, 0.1) is 11.6 Å². The smallest absolute Gasteiger partial charge is 0.325 e. The Labute approximate surface area is 120 Å². The molecule has 0 amide bonds. The molecule has 112 valence electrons. The molecule has 1 aromatic heterocycles. The van der Waals surface area contributed by atoms with Gasteiger partial charge < -0.3 is 5.11 Å². The lowest BCUT2D eigenvalue weighted by atomic mass is 10.1. The highest BCUT2D eigenvalue weighted by molar-refractivity contribution is 5.66. The van der Waals surface area contributed by atoms with Crippen LogP contribution >= 0.6 is 0 Å². The van der Waals surface area contributed by atoms with Crippen LogP contribution in [0.4, 0.5) is 8.78 Å². The number of hydrogen-bond donors (Lipinski definition) is 1. The van der Waals surface area contributed by atoms with Crippen molar-refractivity contribution in [3.63, 3.8) is 0 Å². The molecule has 0 spiro atoms. The van der Waals surface area contributed by atoms with Crippen molar-refractivity contribution in [3.8, 4) is 0 Å². The third-order valence-corrected chi connectivity index (χ3v) is 3.01. The molecule has 1 aromatic carbocycles. The number of carboxylic acids is 1. The van der Waals surface area contributed by atoms with Crippen LogP contribution in [0.5, 0.6) is 0 Å². The Kier molecular flexibility index (Phi) is 4.62. The fourth-order valence-corrected chi connectivity index (χ4v) is 1.97. The number of aromatic nitrogens is 3. The summed E-state index contributed by atoms with van der Waals surface area (Å²) >= 11 is 0. The fourth-order valence-electron chi connectivity index (χ4n) is 1.97. The molecule has 1 heterocycles. The minimum absolute atomic E-state index is 0.264. The molecule has 7 heteroatoms. The second-order valence-corrected chi connectivity index (χ2v) is 4.60. The number of carboxylic acid groups (broad SMARTS) is 1. The monoisotopic (exact) mass is 295 g/mol. The Bertz CT molecular complexity index is 656. The van der Waals surface area contributed by atoms with Crippen LogP contribution in [-0.2, 0) is 30.6 Å². The first-order chi connectivity index (χ1) is 9.99. The number of aliphatic carboxylic acids is 1. The Hall–Kier alpha value is -2.31. The number of hydrogen-bond acceptors (Lipinski definition) is 3. The van der Waals surface area contributed by atoms with E-state index in [-0.39, 0.29) is 6.54 Å². The molecule has 0 aliphatic heterocycles. The predicted molar refractivity (Wildman–Crippen MR) is 70.8 cm³/mol. The Morgan fingerprint density at radius 3 is 2.67 bits per heavy atom. The molecule has 0 atom stereocenters. The first kappa shape index (κ1) is 15.1. The zero-order valence-electron chi connectivity index (χ0n) is 11.5. The van der Waals surface area contributed by atoms with Crippen molar-refractivity contribution in [2.45, 2.75) is 32.7 Å². The van der Waals surface area contributed by atoms with E-state index in [2.05, 4.69) is 10.1 Å². The van der Waals surface area contributed by atoms with E-state index in [1.54, 1.807) is 0 Å². The first-order valence-corrected chi connectivity index (χ1v) is 6.58. The van der Waals surface area contributed by atoms with Crippen LogP contribution in [0.1, 0.15) is 24.1 Å². The topological polar surface area (TPSA) is 68.0 Å². The summed E-state index contributed by atoms with van der Waals surface area (Å²) in [6.45, 7) is 1.61. The minimum atomic E-state index is -1.00. The van der Waals surface area contributed by atoms with Gasteiger partial charge in [0, 0.05) is 12.8 Å². The first-order valence-electron chi connectivity index (χ1n) is 6.58. The average Bonchev–Trinajstić information content (AvgIpc) is 2.81. The molecule has 1 N–H and O–H groups in total. The van der Waals surface area contributed by atoms with Gasteiger partial charge in [-0.2, -0.15) is 5.10 Å². The second-order valence-electron chi connectivity index (χ2n) is 4.60. The van der Waals surface area contributed by atoms with Crippen molar-refractivity contribution in [1.82, 2.24) is 14.8 Å². The third kappa shape index (κ3) is 3.84. The summed E-state index contributed by atoms with van der Waals surface area (Å²) in [5.74, 6) is -1.69. The maximum atomic E-state index is 13.1. The normalized spacial score (nSPS) is 10.8. The summed E-state index contributed by atoms with van der Waals surface area (Å²) in [7, 11) is 0. The minimum Gasteiger partial charge on any atom is -0.480 e. The molecule has 2 aromatic rings. The third-order valence-electron chi connectivity index (χ3n) is 3.01. The molecular weight excluding hydrogens is 280 g/mol. The summed E-state index contributed by atoms with van der Waals surface area (Å²) in [6, 6.07) is 3.70. The molecule has 21 heavy (non-hydrogen) atoms. The Balaban J connectivity index is 2.12. The van der Waals surface area contributed by atoms with Crippen LogP contribution in [0.3, 0.4) is 0 Å². The number of rotatable bonds is 6. The van der Waals surface area contributed by atoms with E-state index in [1.807, 2.05) is 6.92 Å². The zero-order chi connectivity index (χ0) is 15.4. The van der Waals surface area contributed by atoms with Crippen molar-refractivity contribution in [3.05, 3.63) is 47.0 Å². The highest BCUT2D eigenvalue weighted by atomic mass is 19.2. The maximum absolute atomic E-state index is 13.1. The van der Waals surface area contributed by atoms with Crippen molar-refractivity contribution in [1.29, 1.82) is 0 Å². The lowest BCUT2D eigenvalue weighted by Crippen LogP contribution is -2.14. The van der Waals surface area contributed by atoms with Crippen LogP contribution in [0.25, 0.3) is 0 Å².